The van der Waals surface area contributed by atoms with Gasteiger partial charge in [0.2, 0.25) is 0 Å². The highest BCUT2D eigenvalue weighted by Gasteiger charge is 2.27. The molecular formula is C19H24ClN3O3. The molecule has 2 aromatic heterocycles. The minimum absolute atomic E-state index is 0.183. The third-order valence-electron chi connectivity index (χ3n) is 3.70. The van der Waals surface area contributed by atoms with Crippen molar-refractivity contribution in [2.75, 3.05) is 12.0 Å². The predicted octanol–water partition coefficient (Wildman–Crippen LogP) is 4.70. The molecule has 0 aliphatic carbocycles. The van der Waals surface area contributed by atoms with Crippen LogP contribution in [0.2, 0.25) is 5.15 Å². The molecule has 26 heavy (non-hydrogen) atoms. The molecule has 0 unspecified atom stereocenters. The van der Waals surface area contributed by atoms with Crippen molar-refractivity contribution in [3.8, 4) is 5.75 Å². The monoisotopic (exact) mass is 377 g/mol. The number of nitrogens with zero attached hydrogens (tertiary/aromatic N) is 3. The van der Waals surface area contributed by atoms with Crippen LogP contribution in [0.1, 0.15) is 37.6 Å². The highest BCUT2D eigenvalue weighted by atomic mass is 35.5. The van der Waals surface area contributed by atoms with Gasteiger partial charge in [0.25, 0.3) is 0 Å². The Bertz CT molecular complexity index is 803. The molecule has 0 atom stereocenters. The number of amides is 1. The number of methoxy groups -OCH3 is 1. The van der Waals surface area contributed by atoms with Crippen LogP contribution in [0, 0.1) is 13.8 Å². The van der Waals surface area contributed by atoms with Gasteiger partial charge < -0.3 is 9.47 Å². The summed E-state index contributed by atoms with van der Waals surface area (Å²) in [5.41, 5.74) is 2.30. The Morgan fingerprint density at radius 1 is 1.27 bits per heavy atom. The molecule has 6 nitrogen and oxygen atoms in total. The summed E-state index contributed by atoms with van der Waals surface area (Å²) in [6, 6.07) is 3.44. The van der Waals surface area contributed by atoms with Gasteiger partial charge in [-0.05, 0) is 46.8 Å². The van der Waals surface area contributed by atoms with Crippen LogP contribution in [0.3, 0.4) is 0 Å². The van der Waals surface area contributed by atoms with Crippen molar-refractivity contribution in [2.24, 2.45) is 0 Å². The third-order valence-corrected chi connectivity index (χ3v) is 3.99. The molecule has 2 rings (SSSR count). The fourth-order valence-electron chi connectivity index (χ4n) is 2.52. The first-order valence-electron chi connectivity index (χ1n) is 8.24. The Morgan fingerprint density at radius 2 is 1.96 bits per heavy atom. The Morgan fingerprint density at radius 3 is 2.54 bits per heavy atom. The van der Waals surface area contributed by atoms with E-state index >= 15 is 0 Å². The zero-order valence-electron chi connectivity index (χ0n) is 16.0. The van der Waals surface area contributed by atoms with Crippen molar-refractivity contribution in [3.05, 3.63) is 46.5 Å². The summed E-state index contributed by atoms with van der Waals surface area (Å²) in [4.78, 5) is 22.8. The van der Waals surface area contributed by atoms with Crippen LogP contribution in [-0.4, -0.2) is 28.8 Å². The summed E-state index contributed by atoms with van der Waals surface area (Å²) in [6.45, 7) is 9.45. The maximum absolute atomic E-state index is 12.8. The molecule has 0 aliphatic rings. The van der Waals surface area contributed by atoms with E-state index in [1.807, 2.05) is 34.6 Å². The van der Waals surface area contributed by atoms with Crippen molar-refractivity contribution in [1.82, 2.24) is 9.97 Å². The normalized spacial score (nSPS) is 11.2. The van der Waals surface area contributed by atoms with Crippen molar-refractivity contribution in [3.63, 3.8) is 0 Å². The second-order valence-corrected chi connectivity index (χ2v) is 7.28. The lowest BCUT2D eigenvalue weighted by molar-refractivity contribution is 0.0577. The molecule has 140 valence electrons. The van der Waals surface area contributed by atoms with Gasteiger partial charge in [-0.25, -0.2) is 9.78 Å². The smallest absolute Gasteiger partial charge is 0.415 e. The molecule has 0 N–H and O–H groups in total. The number of anilines is 1. The Labute approximate surface area is 159 Å². The van der Waals surface area contributed by atoms with Crippen molar-refractivity contribution in [1.29, 1.82) is 0 Å². The Kier molecular flexibility index (Phi) is 6.08. The first-order chi connectivity index (χ1) is 12.1. The van der Waals surface area contributed by atoms with E-state index in [4.69, 9.17) is 21.1 Å². The van der Waals surface area contributed by atoms with E-state index < -0.39 is 11.7 Å². The van der Waals surface area contributed by atoms with Gasteiger partial charge in [-0.15, -0.1) is 0 Å². The van der Waals surface area contributed by atoms with Crippen LogP contribution in [0.25, 0.3) is 0 Å². The molecule has 0 saturated carbocycles. The van der Waals surface area contributed by atoms with Gasteiger partial charge in [0, 0.05) is 23.5 Å². The van der Waals surface area contributed by atoms with Gasteiger partial charge in [0.15, 0.2) is 5.15 Å². The van der Waals surface area contributed by atoms with Gasteiger partial charge in [0.1, 0.15) is 11.4 Å². The minimum Gasteiger partial charge on any atom is -0.496 e. The summed E-state index contributed by atoms with van der Waals surface area (Å²) in [7, 11) is 1.61. The molecule has 2 heterocycles. The van der Waals surface area contributed by atoms with Gasteiger partial charge >= 0.3 is 6.09 Å². The van der Waals surface area contributed by atoms with Gasteiger partial charge in [-0.1, -0.05) is 11.6 Å². The first-order valence-corrected chi connectivity index (χ1v) is 8.62. The number of ether oxygens (including phenoxy) is 2. The fourth-order valence-corrected chi connectivity index (χ4v) is 2.75. The van der Waals surface area contributed by atoms with E-state index in [1.54, 1.807) is 31.6 Å². The predicted molar refractivity (Wildman–Crippen MR) is 102 cm³/mol. The van der Waals surface area contributed by atoms with Crippen LogP contribution in [0.4, 0.5) is 10.5 Å². The maximum atomic E-state index is 12.8. The molecular weight excluding hydrogens is 354 g/mol. The van der Waals surface area contributed by atoms with E-state index in [1.165, 1.54) is 4.90 Å². The van der Waals surface area contributed by atoms with Crippen molar-refractivity contribution >= 4 is 23.4 Å². The summed E-state index contributed by atoms with van der Waals surface area (Å²) in [6.07, 6.45) is 2.77. The number of hydrogen-bond donors (Lipinski definition) is 0. The highest BCUT2D eigenvalue weighted by Crippen LogP contribution is 2.29. The largest absolute Gasteiger partial charge is 0.496 e. The summed E-state index contributed by atoms with van der Waals surface area (Å²) in [5.74, 6) is 0.747. The van der Waals surface area contributed by atoms with Crippen LogP contribution < -0.4 is 9.64 Å². The second-order valence-electron chi connectivity index (χ2n) is 6.93. The van der Waals surface area contributed by atoms with E-state index in [0.717, 1.165) is 16.9 Å². The van der Waals surface area contributed by atoms with Crippen LogP contribution in [0.15, 0.2) is 24.5 Å². The number of aryl methyl sites for hydroxylation is 1. The lowest BCUT2D eigenvalue weighted by Crippen LogP contribution is -2.37. The van der Waals surface area contributed by atoms with Gasteiger partial charge in [-0.2, -0.15) is 0 Å². The maximum Gasteiger partial charge on any atom is 0.415 e. The van der Waals surface area contributed by atoms with E-state index in [0.29, 0.717) is 11.4 Å². The third kappa shape index (κ3) is 4.64. The fraction of sp³-hybridized carbons (Fsp3) is 0.421. The molecule has 0 spiro atoms. The Hall–Kier alpha value is -2.34. The number of carbonyl (C=O) groups excluding carboxylic acids is 1. The SMILES string of the molecule is COc1c(C)cnc(CN(C(=O)OC(C)(C)C)c2cccnc2Cl)c1C. The van der Waals surface area contributed by atoms with E-state index in [-0.39, 0.29) is 11.7 Å². The molecule has 0 fully saturated rings. The zero-order chi connectivity index (χ0) is 19.5. The number of aromatic nitrogens is 2. The van der Waals surface area contributed by atoms with Gasteiger partial charge in [-0.3, -0.25) is 9.88 Å². The minimum atomic E-state index is -0.641. The molecule has 7 heteroatoms. The molecule has 0 aromatic carbocycles. The molecule has 0 radical (unpaired) electrons. The lowest BCUT2D eigenvalue weighted by atomic mass is 10.1. The summed E-state index contributed by atoms with van der Waals surface area (Å²) >= 11 is 6.22. The van der Waals surface area contributed by atoms with Crippen LogP contribution in [0.5, 0.6) is 5.75 Å². The lowest BCUT2D eigenvalue weighted by Gasteiger charge is -2.28. The molecule has 0 saturated heterocycles. The van der Waals surface area contributed by atoms with E-state index in [2.05, 4.69) is 9.97 Å². The first kappa shape index (κ1) is 20.0. The number of hydrogen-bond acceptors (Lipinski definition) is 5. The number of carbonyl (C=O) groups is 1. The number of rotatable bonds is 4. The Balaban J connectivity index is 2.46. The average molecular weight is 378 g/mol. The highest BCUT2D eigenvalue weighted by molar-refractivity contribution is 6.32. The summed E-state index contributed by atoms with van der Waals surface area (Å²) < 4.78 is 11.0. The number of halogens is 1. The molecule has 0 aliphatic heterocycles. The topological polar surface area (TPSA) is 64.5 Å². The molecule has 1 amide bonds. The van der Waals surface area contributed by atoms with Crippen molar-refractivity contribution < 1.29 is 14.3 Å². The van der Waals surface area contributed by atoms with Crippen molar-refractivity contribution in [2.45, 2.75) is 46.8 Å². The van der Waals surface area contributed by atoms with Crippen LogP contribution >= 0.6 is 11.6 Å². The number of pyridine rings is 2. The average Bonchev–Trinajstić information content (AvgIpc) is 2.54. The standard InChI is InChI=1S/C19H24ClN3O3/c1-12-10-22-14(13(2)16(12)25-6)11-23(18(24)26-19(3,4)5)15-8-7-9-21-17(15)20/h7-10H,11H2,1-6H3. The van der Waals surface area contributed by atoms with Crippen LogP contribution in [-0.2, 0) is 11.3 Å². The molecule has 0 bridgehead atoms. The van der Waals surface area contributed by atoms with E-state index in [9.17, 15) is 4.79 Å². The second kappa shape index (κ2) is 7.91. The zero-order valence-corrected chi connectivity index (χ0v) is 16.7. The van der Waals surface area contributed by atoms with Gasteiger partial charge in [0.05, 0.1) is 25.0 Å². The summed E-state index contributed by atoms with van der Waals surface area (Å²) in [5, 5.41) is 0.218. The quantitative estimate of drug-likeness (QED) is 0.723. The molecule has 2 aromatic rings.